The van der Waals surface area contributed by atoms with Crippen molar-refractivity contribution in [1.29, 1.82) is 0 Å². The highest BCUT2D eigenvalue weighted by Gasteiger charge is 2.42. The molecular weight excluding hydrogens is 378 g/mol. The lowest BCUT2D eigenvalue weighted by molar-refractivity contribution is -0.145. The number of nitrogens with zero attached hydrogens (tertiary/aromatic N) is 2. The minimum atomic E-state index is -0.252. The molecule has 2 aliphatic rings. The van der Waals surface area contributed by atoms with Crippen LogP contribution in [-0.2, 0) is 14.3 Å². The van der Waals surface area contributed by atoms with Crippen molar-refractivity contribution in [3.8, 4) is 0 Å². The van der Waals surface area contributed by atoms with Crippen LogP contribution in [0.4, 0.5) is 5.82 Å². The zero-order valence-corrected chi connectivity index (χ0v) is 18.0. The van der Waals surface area contributed by atoms with Gasteiger partial charge < -0.3 is 9.72 Å². The fraction of sp³-hybridized carbons (Fsp3) is 0.625. The van der Waals surface area contributed by atoms with Crippen molar-refractivity contribution in [3.63, 3.8) is 0 Å². The summed E-state index contributed by atoms with van der Waals surface area (Å²) < 4.78 is 5.89. The summed E-state index contributed by atoms with van der Waals surface area (Å²) in [5.41, 5.74) is 0.900. The maximum absolute atomic E-state index is 12.6. The maximum atomic E-state index is 12.6. The van der Waals surface area contributed by atoms with Gasteiger partial charge in [-0.15, -0.1) is 0 Å². The lowest BCUT2D eigenvalue weighted by Crippen LogP contribution is -2.45. The Kier molecular flexibility index (Phi) is 6.40. The predicted octanol–water partition coefficient (Wildman–Crippen LogP) is 4.84. The number of fused-ring (bicyclic) bond motifs is 1. The topological polar surface area (TPSA) is 75.3 Å². The molecule has 0 aromatic carbocycles. The van der Waals surface area contributed by atoms with Crippen LogP contribution >= 0.6 is 0 Å². The SMILES string of the molecule is CC(C)C[C@@H]1C[C@@H]([C@H](CC2CCCCC2)N(C=O)c2cc3ccncc3[nH]2)OC1=O. The van der Waals surface area contributed by atoms with E-state index in [-0.39, 0.29) is 24.0 Å². The van der Waals surface area contributed by atoms with E-state index in [1.165, 1.54) is 32.1 Å². The van der Waals surface area contributed by atoms with E-state index in [1.54, 1.807) is 17.3 Å². The minimum Gasteiger partial charge on any atom is -0.460 e. The zero-order chi connectivity index (χ0) is 21.1. The van der Waals surface area contributed by atoms with Crippen LogP contribution in [0.3, 0.4) is 0 Å². The van der Waals surface area contributed by atoms with Gasteiger partial charge in [0.25, 0.3) is 0 Å². The van der Waals surface area contributed by atoms with Gasteiger partial charge in [0.05, 0.1) is 23.7 Å². The highest BCUT2D eigenvalue weighted by molar-refractivity contribution is 5.87. The number of aromatic amines is 1. The van der Waals surface area contributed by atoms with E-state index in [0.29, 0.717) is 18.3 Å². The lowest BCUT2D eigenvalue weighted by Gasteiger charge is -2.35. The predicted molar refractivity (Wildman–Crippen MR) is 117 cm³/mol. The molecule has 6 nitrogen and oxygen atoms in total. The first-order valence-electron chi connectivity index (χ1n) is 11.4. The molecule has 1 aliphatic heterocycles. The van der Waals surface area contributed by atoms with Gasteiger partial charge in [-0.05, 0) is 43.2 Å². The lowest BCUT2D eigenvalue weighted by atomic mass is 9.82. The number of pyridine rings is 1. The third-order valence-electron chi connectivity index (χ3n) is 6.76. The fourth-order valence-corrected chi connectivity index (χ4v) is 5.29. The molecule has 6 heteroatoms. The molecule has 4 rings (SSSR count). The number of amides is 1. The molecule has 2 fully saturated rings. The number of carbonyl (C=O) groups is 2. The number of hydrogen-bond acceptors (Lipinski definition) is 4. The Balaban J connectivity index is 1.61. The molecule has 3 atom stereocenters. The number of aromatic nitrogens is 2. The van der Waals surface area contributed by atoms with Gasteiger partial charge in [0, 0.05) is 11.6 Å². The summed E-state index contributed by atoms with van der Waals surface area (Å²) in [4.78, 5) is 34.1. The van der Waals surface area contributed by atoms with Crippen LogP contribution in [0.25, 0.3) is 10.9 Å². The Labute approximate surface area is 178 Å². The second-order valence-corrected chi connectivity index (χ2v) is 9.47. The number of carbonyl (C=O) groups excluding carboxylic acids is 2. The first-order valence-corrected chi connectivity index (χ1v) is 11.4. The van der Waals surface area contributed by atoms with Gasteiger partial charge in [-0.2, -0.15) is 0 Å². The normalized spacial score (nSPS) is 23.6. The van der Waals surface area contributed by atoms with Crippen molar-refractivity contribution in [2.24, 2.45) is 17.8 Å². The number of nitrogens with one attached hydrogen (secondary N) is 1. The number of H-pyrrole nitrogens is 1. The molecule has 1 N–H and O–H groups in total. The summed E-state index contributed by atoms with van der Waals surface area (Å²) in [5, 5.41) is 1.02. The van der Waals surface area contributed by atoms with Gasteiger partial charge >= 0.3 is 5.97 Å². The van der Waals surface area contributed by atoms with E-state index >= 15 is 0 Å². The number of cyclic esters (lactones) is 1. The van der Waals surface area contributed by atoms with Crippen molar-refractivity contribution in [1.82, 2.24) is 9.97 Å². The van der Waals surface area contributed by atoms with E-state index < -0.39 is 0 Å². The van der Waals surface area contributed by atoms with Gasteiger partial charge in [-0.1, -0.05) is 46.0 Å². The van der Waals surface area contributed by atoms with Gasteiger partial charge in [-0.25, -0.2) is 0 Å². The molecule has 30 heavy (non-hydrogen) atoms. The molecular formula is C24H33N3O3. The fourth-order valence-electron chi connectivity index (χ4n) is 5.29. The minimum absolute atomic E-state index is 0.0655. The largest absolute Gasteiger partial charge is 0.460 e. The maximum Gasteiger partial charge on any atom is 0.309 e. The molecule has 2 aromatic heterocycles. The molecule has 3 heterocycles. The standard InChI is InChI=1S/C24H33N3O3/c1-16(2)10-19-12-22(30-24(19)29)21(11-17-6-4-3-5-7-17)27(15-28)23-13-18-8-9-25-14-20(18)26-23/h8-9,13-17,19,21-22,26H,3-7,10-12H2,1-2H3/t19-,21+,22+/m1/s1. The number of esters is 1. The van der Waals surface area contributed by atoms with E-state index in [2.05, 4.69) is 23.8 Å². The van der Waals surface area contributed by atoms with Gasteiger partial charge in [0.1, 0.15) is 11.9 Å². The van der Waals surface area contributed by atoms with E-state index in [9.17, 15) is 9.59 Å². The van der Waals surface area contributed by atoms with Crippen LogP contribution in [0.2, 0.25) is 0 Å². The van der Waals surface area contributed by atoms with Crippen LogP contribution in [-0.4, -0.2) is 34.5 Å². The Hall–Kier alpha value is -2.37. The first kappa shape index (κ1) is 20.9. The van der Waals surface area contributed by atoms with E-state index in [0.717, 1.165) is 36.0 Å². The summed E-state index contributed by atoms with van der Waals surface area (Å²) in [6.07, 6.45) is 12.7. The van der Waals surface area contributed by atoms with Crippen LogP contribution in [0.15, 0.2) is 24.5 Å². The molecule has 1 aliphatic carbocycles. The third kappa shape index (κ3) is 4.52. The second-order valence-electron chi connectivity index (χ2n) is 9.47. The Morgan fingerprint density at radius 2 is 2.07 bits per heavy atom. The highest BCUT2D eigenvalue weighted by atomic mass is 16.6. The van der Waals surface area contributed by atoms with Gasteiger partial charge in [0.15, 0.2) is 0 Å². The number of anilines is 1. The number of rotatable bonds is 8. The highest BCUT2D eigenvalue weighted by Crippen LogP contribution is 2.37. The molecule has 0 spiro atoms. The van der Waals surface area contributed by atoms with Crippen molar-refractivity contribution in [3.05, 3.63) is 24.5 Å². The zero-order valence-electron chi connectivity index (χ0n) is 18.0. The van der Waals surface area contributed by atoms with Gasteiger partial charge in [0.2, 0.25) is 6.41 Å². The first-order chi connectivity index (χ1) is 14.5. The summed E-state index contributed by atoms with van der Waals surface area (Å²) >= 11 is 0. The Morgan fingerprint density at radius 1 is 1.27 bits per heavy atom. The van der Waals surface area contributed by atoms with E-state index in [4.69, 9.17) is 4.74 Å². The monoisotopic (exact) mass is 411 g/mol. The quantitative estimate of drug-likeness (QED) is 0.498. The van der Waals surface area contributed by atoms with Crippen LogP contribution in [0, 0.1) is 17.8 Å². The van der Waals surface area contributed by atoms with Gasteiger partial charge in [-0.3, -0.25) is 19.5 Å². The summed E-state index contributed by atoms with van der Waals surface area (Å²) in [5.74, 6) is 1.59. The summed E-state index contributed by atoms with van der Waals surface area (Å²) in [6.45, 7) is 4.27. The van der Waals surface area contributed by atoms with E-state index in [1.807, 2.05) is 12.1 Å². The van der Waals surface area contributed by atoms with Crippen molar-refractivity contribution < 1.29 is 14.3 Å². The molecule has 1 saturated carbocycles. The van der Waals surface area contributed by atoms with Crippen LogP contribution in [0.1, 0.15) is 65.2 Å². The second kappa shape index (κ2) is 9.19. The summed E-state index contributed by atoms with van der Waals surface area (Å²) in [6, 6.07) is 3.78. The third-order valence-corrected chi connectivity index (χ3v) is 6.76. The Morgan fingerprint density at radius 3 is 2.77 bits per heavy atom. The molecule has 1 amide bonds. The molecule has 0 radical (unpaired) electrons. The average Bonchev–Trinajstić information content (AvgIpc) is 3.31. The molecule has 0 unspecified atom stereocenters. The number of hydrogen-bond donors (Lipinski definition) is 1. The Bertz CT molecular complexity index is 838. The molecule has 0 bridgehead atoms. The van der Waals surface area contributed by atoms with Crippen LogP contribution < -0.4 is 4.90 Å². The van der Waals surface area contributed by atoms with Crippen LogP contribution in [0.5, 0.6) is 0 Å². The van der Waals surface area contributed by atoms with Crippen molar-refractivity contribution in [2.75, 3.05) is 4.90 Å². The molecule has 162 valence electrons. The van der Waals surface area contributed by atoms with Crippen molar-refractivity contribution in [2.45, 2.75) is 77.4 Å². The summed E-state index contributed by atoms with van der Waals surface area (Å²) in [7, 11) is 0. The molecule has 1 saturated heterocycles. The smallest absolute Gasteiger partial charge is 0.309 e. The van der Waals surface area contributed by atoms with Crippen molar-refractivity contribution >= 4 is 29.1 Å². The molecule has 2 aromatic rings. The average molecular weight is 412 g/mol. The number of ether oxygens (including phenoxy) is 1.